The number of pyridine rings is 2. The van der Waals surface area contributed by atoms with Gasteiger partial charge in [-0.05, 0) is 44.2 Å². The van der Waals surface area contributed by atoms with Crippen molar-refractivity contribution in [3.63, 3.8) is 0 Å². The Morgan fingerprint density at radius 2 is 1.91 bits per heavy atom. The molecule has 0 aliphatic heterocycles. The van der Waals surface area contributed by atoms with Gasteiger partial charge >= 0.3 is 0 Å². The lowest BCUT2D eigenvalue weighted by molar-refractivity contribution is 1.31. The highest BCUT2D eigenvalue weighted by Crippen LogP contribution is 2.13. The molecule has 2 rings (SSSR count). The summed E-state index contributed by atoms with van der Waals surface area (Å²) in [5.74, 6) is 0.763. The van der Waals surface area contributed by atoms with E-state index in [4.69, 9.17) is 7.85 Å². The molecule has 112 valence electrons. The standard InChI is InChI=1S/C16H16BN3.C2H6/c1-3-5-7-13(6-4-2)19-16-9-8-14-15(20-16)10-12(17)11-18-14;1-2/h3-11H,1-2H3,(H,19,20);1-2H3/b5-3-,6-4+,13-7+;. The van der Waals surface area contributed by atoms with Gasteiger partial charge in [0.15, 0.2) is 0 Å². The maximum Gasteiger partial charge on any atom is 0.131 e. The zero-order valence-electron chi connectivity index (χ0n) is 13.7. The minimum Gasteiger partial charge on any atom is -0.340 e. The summed E-state index contributed by atoms with van der Waals surface area (Å²) in [6.07, 6.45) is 11.5. The third-order valence-electron chi connectivity index (χ3n) is 2.65. The SMILES string of the molecule is CC.[B]c1cnc2ccc(NC(/C=C/C)=C/C=C\C)nc2c1. The zero-order valence-corrected chi connectivity index (χ0v) is 13.7. The molecule has 0 amide bonds. The van der Waals surface area contributed by atoms with Gasteiger partial charge in [0.2, 0.25) is 0 Å². The number of anilines is 1. The first-order valence-electron chi connectivity index (χ1n) is 7.48. The number of fused-ring (bicyclic) bond motifs is 1. The molecular formula is C18H22BN3. The molecule has 0 fully saturated rings. The second-order valence-corrected chi connectivity index (χ2v) is 4.28. The maximum atomic E-state index is 5.73. The monoisotopic (exact) mass is 291 g/mol. The van der Waals surface area contributed by atoms with E-state index in [1.54, 1.807) is 6.20 Å². The van der Waals surface area contributed by atoms with E-state index in [-0.39, 0.29) is 0 Å². The number of aromatic nitrogens is 2. The van der Waals surface area contributed by atoms with Crippen LogP contribution in [0.4, 0.5) is 5.82 Å². The molecule has 3 nitrogen and oxygen atoms in total. The third kappa shape index (κ3) is 5.21. The molecule has 4 heteroatoms. The van der Waals surface area contributed by atoms with Crippen LogP contribution in [0.5, 0.6) is 0 Å². The summed E-state index contributed by atoms with van der Waals surface area (Å²) < 4.78 is 0. The average molecular weight is 291 g/mol. The Labute approximate surface area is 134 Å². The van der Waals surface area contributed by atoms with Gasteiger partial charge in [-0.25, -0.2) is 4.98 Å². The third-order valence-corrected chi connectivity index (χ3v) is 2.65. The fourth-order valence-electron chi connectivity index (χ4n) is 1.76. The summed E-state index contributed by atoms with van der Waals surface area (Å²) in [6, 6.07) is 5.64. The normalized spacial score (nSPS) is 11.7. The van der Waals surface area contributed by atoms with E-state index in [1.165, 1.54) is 0 Å². The summed E-state index contributed by atoms with van der Waals surface area (Å²) in [4.78, 5) is 8.75. The molecule has 1 N–H and O–H groups in total. The van der Waals surface area contributed by atoms with E-state index in [0.29, 0.717) is 5.46 Å². The quantitative estimate of drug-likeness (QED) is 0.686. The minimum atomic E-state index is 0.611. The Morgan fingerprint density at radius 3 is 2.59 bits per heavy atom. The van der Waals surface area contributed by atoms with Crippen LogP contribution in [0.3, 0.4) is 0 Å². The fraction of sp³-hybridized carbons (Fsp3) is 0.222. The van der Waals surface area contributed by atoms with Gasteiger partial charge in [-0.1, -0.05) is 37.5 Å². The minimum absolute atomic E-state index is 0.611. The second-order valence-electron chi connectivity index (χ2n) is 4.28. The highest BCUT2D eigenvalue weighted by Gasteiger charge is 2.00. The zero-order chi connectivity index (χ0) is 16.4. The summed E-state index contributed by atoms with van der Waals surface area (Å²) in [5, 5.41) is 3.27. The van der Waals surface area contributed by atoms with Crippen molar-refractivity contribution in [2.75, 3.05) is 5.32 Å². The Bertz CT molecular complexity index is 688. The Kier molecular flexibility index (Phi) is 7.69. The molecular weight excluding hydrogens is 269 g/mol. The lowest BCUT2D eigenvalue weighted by Crippen LogP contribution is -2.04. The highest BCUT2D eigenvalue weighted by molar-refractivity contribution is 6.32. The molecule has 0 saturated heterocycles. The van der Waals surface area contributed by atoms with Crippen LogP contribution in [-0.2, 0) is 0 Å². The van der Waals surface area contributed by atoms with Gasteiger partial charge in [-0.2, -0.15) is 0 Å². The number of rotatable bonds is 4. The Morgan fingerprint density at radius 1 is 1.14 bits per heavy atom. The molecule has 0 saturated carbocycles. The van der Waals surface area contributed by atoms with Gasteiger partial charge in [0.05, 0.1) is 11.0 Å². The lowest BCUT2D eigenvalue weighted by Gasteiger charge is -2.07. The Hall–Kier alpha value is -2.36. The van der Waals surface area contributed by atoms with Gasteiger partial charge in [0, 0.05) is 11.9 Å². The van der Waals surface area contributed by atoms with Crippen molar-refractivity contribution in [1.82, 2.24) is 9.97 Å². The first kappa shape index (κ1) is 17.7. The van der Waals surface area contributed by atoms with E-state index < -0.39 is 0 Å². The molecule has 2 heterocycles. The number of nitrogens with zero attached hydrogens (tertiary/aromatic N) is 2. The second kappa shape index (κ2) is 9.56. The van der Waals surface area contributed by atoms with Crippen LogP contribution >= 0.6 is 0 Å². The van der Waals surface area contributed by atoms with Crippen molar-refractivity contribution in [3.8, 4) is 0 Å². The summed E-state index contributed by atoms with van der Waals surface area (Å²) in [6.45, 7) is 7.95. The first-order valence-corrected chi connectivity index (χ1v) is 7.48. The molecule has 2 aromatic rings. The summed E-state index contributed by atoms with van der Waals surface area (Å²) in [5.41, 5.74) is 3.19. The molecule has 0 aliphatic carbocycles. The topological polar surface area (TPSA) is 37.8 Å². The van der Waals surface area contributed by atoms with Crippen LogP contribution in [-0.4, -0.2) is 17.8 Å². The van der Waals surface area contributed by atoms with E-state index in [2.05, 4.69) is 15.3 Å². The number of nitrogens with one attached hydrogen (secondary N) is 1. The number of hydrogen-bond acceptors (Lipinski definition) is 3. The molecule has 0 aromatic carbocycles. The maximum absolute atomic E-state index is 5.73. The van der Waals surface area contributed by atoms with Crippen LogP contribution < -0.4 is 10.8 Å². The highest BCUT2D eigenvalue weighted by atomic mass is 15.0. The van der Waals surface area contributed by atoms with Crippen molar-refractivity contribution >= 4 is 30.2 Å². The van der Waals surface area contributed by atoms with E-state index in [1.807, 2.05) is 76.3 Å². The van der Waals surface area contributed by atoms with Gasteiger partial charge in [0.25, 0.3) is 0 Å². The molecule has 0 bridgehead atoms. The van der Waals surface area contributed by atoms with Gasteiger partial charge in [0.1, 0.15) is 13.7 Å². The van der Waals surface area contributed by atoms with E-state index >= 15 is 0 Å². The van der Waals surface area contributed by atoms with Crippen LogP contribution in [0, 0.1) is 0 Å². The largest absolute Gasteiger partial charge is 0.340 e. The molecule has 0 atom stereocenters. The molecule has 2 radical (unpaired) electrons. The summed E-state index contributed by atoms with van der Waals surface area (Å²) >= 11 is 0. The van der Waals surface area contributed by atoms with E-state index in [9.17, 15) is 0 Å². The lowest BCUT2D eigenvalue weighted by atomic mass is 9.98. The fourth-order valence-corrected chi connectivity index (χ4v) is 1.76. The molecule has 0 aliphatic rings. The first-order chi connectivity index (χ1) is 10.7. The molecule has 0 spiro atoms. The van der Waals surface area contributed by atoms with Crippen molar-refractivity contribution in [2.24, 2.45) is 0 Å². The Balaban J connectivity index is 0.00000116. The number of hydrogen-bond donors (Lipinski definition) is 1. The van der Waals surface area contributed by atoms with Crippen molar-refractivity contribution < 1.29 is 0 Å². The van der Waals surface area contributed by atoms with E-state index in [0.717, 1.165) is 22.5 Å². The van der Waals surface area contributed by atoms with Crippen LogP contribution in [0.2, 0.25) is 0 Å². The van der Waals surface area contributed by atoms with Crippen molar-refractivity contribution in [2.45, 2.75) is 27.7 Å². The van der Waals surface area contributed by atoms with Crippen LogP contribution in [0.1, 0.15) is 27.7 Å². The molecule has 0 unspecified atom stereocenters. The van der Waals surface area contributed by atoms with Crippen LogP contribution in [0.25, 0.3) is 11.0 Å². The molecule has 2 aromatic heterocycles. The van der Waals surface area contributed by atoms with Gasteiger partial charge < -0.3 is 5.32 Å². The predicted octanol–water partition coefficient (Wildman–Crippen LogP) is 3.90. The average Bonchev–Trinajstić information content (AvgIpc) is 2.54. The van der Waals surface area contributed by atoms with Crippen molar-refractivity contribution in [1.29, 1.82) is 0 Å². The number of allylic oxidation sites excluding steroid dienone is 5. The van der Waals surface area contributed by atoms with Crippen LogP contribution in [0.15, 0.2) is 60.5 Å². The molecule has 22 heavy (non-hydrogen) atoms. The van der Waals surface area contributed by atoms with Crippen molar-refractivity contribution in [3.05, 3.63) is 60.5 Å². The summed E-state index contributed by atoms with van der Waals surface area (Å²) in [7, 11) is 5.73. The van der Waals surface area contributed by atoms with Gasteiger partial charge in [-0.15, -0.1) is 0 Å². The smallest absolute Gasteiger partial charge is 0.131 e. The van der Waals surface area contributed by atoms with Gasteiger partial charge in [-0.3, -0.25) is 4.98 Å². The predicted molar refractivity (Wildman–Crippen MR) is 97.6 cm³/mol.